The molecule has 0 saturated heterocycles. The summed E-state index contributed by atoms with van der Waals surface area (Å²) in [6.07, 6.45) is 4.00. The fourth-order valence-corrected chi connectivity index (χ4v) is 4.18. The maximum absolute atomic E-state index is 13.2. The van der Waals surface area contributed by atoms with E-state index in [1.54, 1.807) is 0 Å². The van der Waals surface area contributed by atoms with E-state index in [0.29, 0.717) is 4.90 Å². The number of nitrogens with one attached hydrogen (secondary N) is 1. The molecule has 0 bridgehead atoms. The van der Waals surface area contributed by atoms with Crippen LogP contribution in [-0.4, -0.2) is 22.5 Å². The van der Waals surface area contributed by atoms with Crippen molar-refractivity contribution in [3.05, 3.63) is 29.8 Å². The summed E-state index contributed by atoms with van der Waals surface area (Å²) < 4.78 is 38.4. The largest absolute Gasteiger partial charge is 0.316 e. The smallest absolute Gasteiger partial charge is 0.160 e. The molecular weight excluding hydrogens is 256 g/mol. The zero-order valence-electron chi connectivity index (χ0n) is 10.3. The van der Waals surface area contributed by atoms with Gasteiger partial charge in [-0.15, -0.1) is 0 Å². The standard InChI is InChI=1S/C13H17F2NOS/c1-16-12-4-2-3-5-13(12)18(17)9-6-7-10(14)11(15)8-9/h6-8,12-13,16H,2-5H2,1H3. The van der Waals surface area contributed by atoms with Crippen molar-refractivity contribution in [1.82, 2.24) is 5.32 Å². The Balaban J connectivity index is 2.21. The highest BCUT2D eigenvalue weighted by atomic mass is 32.2. The van der Waals surface area contributed by atoms with Crippen molar-refractivity contribution in [2.24, 2.45) is 0 Å². The molecule has 0 amide bonds. The van der Waals surface area contributed by atoms with Crippen LogP contribution in [0.2, 0.25) is 0 Å². The van der Waals surface area contributed by atoms with Gasteiger partial charge in [-0.3, -0.25) is 4.21 Å². The number of halogens is 2. The van der Waals surface area contributed by atoms with Crippen LogP contribution in [-0.2, 0) is 10.8 Å². The van der Waals surface area contributed by atoms with Crippen molar-refractivity contribution in [2.45, 2.75) is 41.9 Å². The third-order valence-corrected chi connectivity index (χ3v) is 5.30. The molecule has 18 heavy (non-hydrogen) atoms. The summed E-state index contributed by atoms with van der Waals surface area (Å²) in [6.45, 7) is 0. The quantitative estimate of drug-likeness (QED) is 0.917. The molecule has 1 N–H and O–H groups in total. The molecule has 1 aromatic rings. The monoisotopic (exact) mass is 273 g/mol. The molecule has 100 valence electrons. The summed E-state index contributed by atoms with van der Waals surface area (Å²) in [5, 5.41) is 3.15. The minimum atomic E-state index is -1.29. The van der Waals surface area contributed by atoms with Crippen molar-refractivity contribution >= 4 is 10.8 Å². The molecule has 1 aliphatic carbocycles. The van der Waals surface area contributed by atoms with Gasteiger partial charge in [-0.2, -0.15) is 0 Å². The summed E-state index contributed by atoms with van der Waals surface area (Å²) >= 11 is 0. The van der Waals surface area contributed by atoms with E-state index in [0.717, 1.165) is 37.8 Å². The van der Waals surface area contributed by atoms with Crippen LogP contribution in [0.5, 0.6) is 0 Å². The van der Waals surface area contributed by atoms with Crippen molar-refractivity contribution in [2.75, 3.05) is 7.05 Å². The Hall–Kier alpha value is -0.810. The van der Waals surface area contributed by atoms with E-state index < -0.39 is 22.4 Å². The molecule has 2 rings (SSSR count). The van der Waals surface area contributed by atoms with E-state index in [2.05, 4.69) is 5.32 Å². The molecule has 0 radical (unpaired) electrons. The van der Waals surface area contributed by atoms with E-state index in [9.17, 15) is 13.0 Å². The van der Waals surface area contributed by atoms with Crippen molar-refractivity contribution in [1.29, 1.82) is 0 Å². The van der Waals surface area contributed by atoms with Gasteiger partial charge in [-0.25, -0.2) is 8.78 Å². The van der Waals surface area contributed by atoms with Crippen LogP contribution < -0.4 is 5.32 Å². The summed E-state index contributed by atoms with van der Waals surface area (Å²) in [6, 6.07) is 3.69. The maximum atomic E-state index is 13.2. The fraction of sp³-hybridized carbons (Fsp3) is 0.538. The lowest BCUT2D eigenvalue weighted by molar-refractivity contribution is 0.399. The third-order valence-electron chi connectivity index (χ3n) is 3.47. The van der Waals surface area contributed by atoms with Gasteiger partial charge in [-0.05, 0) is 38.1 Å². The van der Waals surface area contributed by atoms with Crippen molar-refractivity contribution in [3.63, 3.8) is 0 Å². The van der Waals surface area contributed by atoms with E-state index in [1.807, 2.05) is 7.05 Å². The zero-order chi connectivity index (χ0) is 13.1. The first-order valence-corrected chi connectivity index (χ1v) is 7.37. The Morgan fingerprint density at radius 2 is 1.94 bits per heavy atom. The second-order valence-electron chi connectivity index (χ2n) is 4.59. The van der Waals surface area contributed by atoms with Crippen LogP contribution in [0, 0.1) is 11.6 Å². The van der Waals surface area contributed by atoms with Gasteiger partial charge < -0.3 is 5.32 Å². The van der Waals surface area contributed by atoms with Crippen molar-refractivity contribution < 1.29 is 13.0 Å². The molecule has 0 aliphatic heterocycles. The van der Waals surface area contributed by atoms with Gasteiger partial charge in [0.05, 0.1) is 16.0 Å². The first-order valence-electron chi connectivity index (χ1n) is 6.16. The SMILES string of the molecule is CNC1CCCCC1S(=O)c1ccc(F)c(F)c1. The van der Waals surface area contributed by atoms with Crippen LogP contribution in [0.15, 0.2) is 23.1 Å². The lowest BCUT2D eigenvalue weighted by atomic mass is 9.95. The van der Waals surface area contributed by atoms with Crippen LogP contribution in [0.3, 0.4) is 0 Å². The van der Waals surface area contributed by atoms with E-state index >= 15 is 0 Å². The molecule has 0 spiro atoms. The predicted octanol–water partition coefficient (Wildman–Crippen LogP) is 2.60. The van der Waals surface area contributed by atoms with Gasteiger partial charge >= 0.3 is 0 Å². The molecule has 3 atom stereocenters. The third kappa shape index (κ3) is 2.78. The van der Waals surface area contributed by atoms with Crippen molar-refractivity contribution in [3.8, 4) is 0 Å². The van der Waals surface area contributed by atoms with E-state index in [-0.39, 0.29) is 11.3 Å². The number of rotatable bonds is 3. The summed E-state index contributed by atoms with van der Waals surface area (Å²) in [4.78, 5) is 0.376. The molecule has 1 aromatic carbocycles. The summed E-state index contributed by atoms with van der Waals surface area (Å²) in [5.74, 6) is -1.83. The first kappa shape index (κ1) is 13.6. The highest BCUT2D eigenvalue weighted by Crippen LogP contribution is 2.26. The average molecular weight is 273 g/mol. The molecule has 3 unspecified atom stereocenters. The van der Waals surface area contributed by atoms with Gasteiger partial charge in [0.25, 0.3) is 0 Å². The second kappa shape index (κ2) is 5.89. The molecule has 0 aromatic heterocycles. The average Bonchev–Trinajstić information content (AvgIpc) is 2.41. The number of hydrogen-bond donors (Lipinski definition) is 1. The summed E-state index contributed by atoms with van der Waals surface area (Å²) in [7, 11) is 0.565. The lowest BCUT2D eigenvalue weighted by Gasteiger charge is -2.30. The Morgan fingerprint density at radius 3 is 2.61 bits per heavy atom. The molecular formula is C13H17F2NOS. The second-order valence-corrected chi connectivity index (χ2v) is 6.26. The Labute approximate surface area is 108 Å². The van der Waals surface area contributed by atoms with Gasteiger partial charge in [0, 0.05) is 10.9 Å². The summed E-state index contributed by atoms with van der Waals surface area (Å²) in [5.41, 5.74) is 0. The normalized spacial score (nSPS) is 25.9. The zero-order valence-corrected chi connectivity index (χ0v) is 11.1. The Kier molecular flexibility index (Phi) is 4.45. The van der Waals surface area contributed by atoms with Crippen LogP contribution >= 0.6 is 0 Å². The lowest BCUT2D eigenvalue weighted by Crippen LogP contribution is -2.42. The predicted molar refractivity (Wildman–Crippen MR) is 67.9 cm³/mol. The Bertz CT molecular complexity index is 453. The highest BCUT2D eigenvalue weighted by molar-refractivity contribution is 7.85. The molecule has 1 saturated carbocycles. The maximum Gasteiger partial charge on any atom is 0.160 e. The highest BCUT2D eigenvalue weighted by Gasteiger charge is 2.29. The molecule has 2 nitrogen and oxygen atoms in total. The van der Waals surface area contributed by atoms with Gasteiger partial charge in [0.15, 0.2) is 11.6 Å². The Morgan fingerprint density at radius 1 is 1.22 bits per heavy atom. The van der Waals surface area contributed by atoms with Crippen LogP contribution in [0.4, 0.5) is 8.78 Å². The topological polar surface area (TPSA) is 29.1 Å². The van der Waals surface area contributed by atoms with E-state index in [1.165, 1.54) is 6.07 Å². The minimum Gasteiger partial charge on any atom is -0.316 e. The fourth-order valence-electron chi connectivity index (χ4n) is 2.46. The number of benzene rings is 1. The number of hydrogen-bond acceptors (Lipinski definition) is 2. The van der Waals surface area contributed by atoms with E-state index in [4.69, 9.17) is 0 Å². The van der Waals surface area contributed by atoms with Crippen LogP contribution in [0.25, 0.3) is 0 Å². The van der Waals surface area contributed by atoms with Gasteiger partial charge in [-0.1, -0.05) is 12.8 Å². The molecule has 1 fully saturated rings. The molecule has 5 heteroatoms. The minimum absolute atomic E-state index is 0.0198. The first-order chi connectivity index (χ1) is 8.63. The molecule has 0 heterocycles. The van der Waals surface area contributed by atoms with Gasteiger partial charge in [0.1, 0.15) is 0 Å². The molecule has 1 aliphatic rings. The van der Waals surface area contributed by atoms with Gasteiger partial charge in [0.2, 0.25) is 0 Å². The van der Waals surface area contributed by atoms with Crippen LogP contribution in [0.1, 0.15) is 25.7 Å².